The second-order valence-electron chi connectivity index (χ2n) is 6.49. The molecule has 0 atom stereocenters. The SMILES string of the molecule is C[n+]1ccc(C(=O)NC(C)(C)COC(=O)COc2ccc(Br)cc2)cc1.[I-]. The molecular formula is C19H22BrIN2O4. The zero-order valence-corrected chi connectivity index (χ0v) is 19.1. The number of ether oxygens (including phenoxy) is 2. The number of carbonyl (C=O) groups is 2. The zero-order chi connectivity index (χ0) is 19.2. The Balaban J connectivity index is 0.00000364. The third-order valence-corrected chi connectivity index (χ3v) is 3.99. The van der Waals surface area contributed by atoms with Gasteiger partial charge in [-0.1, -0.05) is 15.9 Å². The number of esters is 1. The molecule has 1 N–H and O–H groups in total. The molecule has 1 aromatic heterocycles. The maximum absolute atomic E-state index is 12.3. The Kier molecular flexibility index (Phi) is 9.17. The van der Waals surface area contributed by atoms with Crippen LogP contribution in [0.15, 0.2) is 53.3 Å². The van der Waals surface area contributed by atoms with Crippen molar-refractivity contribution in [3.8, 4) is 5.75 Å². The molecule has 0 spiro atoms. The van der Waals surface area contributed by atoms with Gasteiger partial charge < -0.3 is 38.8 Å². The predicted molar refractivity (Wildman–Crippen MR) is 99.8 cm³/mol. The van der Waals surface area contributed by atoms with E-state index in [1.54, 1.807) is 50.5 Å². The summed E-state index contributed by atoms with van der Waals surface area (Å²) >= 11 is 3.33. The molecular weight excluding hydrogens is 527 g/mol. The van der Waals surface area contributed by atoms with Gasteiger partial charge in [-0.3, -0.25) is 4.79 Å². The van der Waals surface area contributed by atoms with Crippen LogP contribution in [0.25, 0.3) is 0 Å². The summed E-state index contributed by atoms with van der Waals surface area (Å²) in [5.41, 5.74) is -0.163. The highest BCUT2D eigenvalue weighted by Gasteiger charge is 2.23. The lowest BCUT2D eigenvalue weighted by Crippen LogP contribution is -3.00. The molecule has 1 heterocycles. The number of carbonyl (C=O) groups excluding carboxylic acids is 2. The number of nitrogens with zero attached hydrogens (tertiary/aromatic N) is 1. The molecule has 27 heavy (non-hydrogen) atoms. The molecule has 0 unspecified atom stereocenters. The minimum Gasteiger partial charge on any atom is -1.00 e. The van der Waals surface area contributed by atoms with E-state index in [1.807, 2.05) is 23.7 Å². The van der Waals surface area contributed by atoms with Gasteiger partial charge in [-0.15, -0.1) is 0 Å². The summed E-state index contributed by atoms with van der Waals surface area (Å²) in [5, 5.41) is 2.86. The Morgan fingerprint density at radius 2 is 1.70 bits per heavy atom. The third kappa shape index (κ3) is 8.25. The van der Waals surface area contributed by atoms with E-state index in [0.717, 1.165) is 4.47 Å². The van der Waals surface area contributed by atoms with E-state index in [-0.39, 0.29) is 43.1 Å². The lowest BCUT2D eigenvalue weighted by molar-refractivity contribution is -0.671. The Bertz CT molecular complexity index is 764. The highest BCUT2D eigenvalue weighted by Crippen LogP contribution is 2.16. The molecule has 6 nitrogen and oxygen atoms in total. The Labute approximate surface area is 184 Å². The number of amides is 1. The fourth-order valence-corrected chi connectivity index (χ4v) is 2.31. The van der Waals surface area contributed by atoms with Crippen molar-refractivity contribution in [2.75, 3.05) is 13.2 Å². The number of nitrogens with one attached hydrogen (secondary N) is 1. The first-order chi connectivity index (χ1) is 12.2. The van der Waals surface area contributed by atoms with Crippen LogP contribution in [0.2, 0.25) is 0 Å². The van der Waals surface area contributed by atoms with Crippen LogP contribution in [-0.2, 0) is 16.6 Å². The van der Waals surface area contributed by atoms with Crippen molar-refractivity contribution in [3.63, 3.8) is 0 Å². The first-order valence-corrected chi connectivity index (χ1v) is 8.86. The molecule has 8 heteroatoms. The van der Waals surface area contributed by atoms with E-state index in [9.17, 15) is 9.59 Å². The van der Waals surface area contributed by atoms with Gasteiger partial charge >= 0.3 is 5.97 Å². The maximum Gasteiger partial charge on any atom is 0.344 e. The van der Waals surface area contributed by atoms with Crippen LogP contribution >= 0.6 is 15.9 Å². The molecule has 0 aliphatic heterocycles. The molecule has 0 aliphatic rings. The van der Waals surface area contributed by atoms with E-state index in [2.05, 4.69) is 21.2 Å². The Hall–Kier alpha value is -1.68. The molecule has 2 rings (SSSR count). The monoisotopic (exact) mass is 548 g/mol. The number of aryl methyl sites for hydroxylation is 1. The van der Waals surface area contributed by atoms with Gasteiger partial charge in [-0.25, -0.2) is 9.36 Å². The second kappa shape index (κ2) is 10.6. The number of pyridine rings is 1. The predicted octanol–water partition coefficient (Wildman–Crippen LogP) is -0.592. The molecule has 146 valence electrons. The normalized spacial score (nSPS) is 10.5. The molecule has 1 aromatic carbocycles. The molecule has 0 saturated heterocycles. The van der Waals surface area contributed by atoms with Crippen molar-refractivity contribution in [3.05, 3.63) is 58.8 Å². The van der Waals surface area contributed by atoms with E-state index in [1.165, 1.54) is 0 Å². The van der Waals surface area contributed by atoms with Gasteiger partial charge in [0.2, 0.25) is 0 Å². The summed E-state index contributed by atoms with van der Waals surface area (Å²) in [6, 6.07) is 10.6. The largest absolute Gasteiger partial charge is 1.00 e. The van der Waals surface area contributed by atoms with Crippen LogP contribution in [0.5, 0.6) is 5.75 Å². The Morgan fingerprint density at radius 3 is 2.30 bits per heavy atom. The molecule has 1 amide bonds. The topological polar surface area (TPSA) is 68.5 Å². The van der Waals surface area contributed by atoms with Crippen molar-refractivity contribution >= 4 is 27.8 Å². The highest BCUT2D eigenvalue weighted by molar-refractivity contribution is 9.10. The Morgan fingerprint density at radius 1 is 1.11 bits per heavy atom. The van der Waals surface area contributed by atoms with Crippen LogP contribution in [0.1, 0.15) is 24.2 Å². The van der Waals surface area contributed by atoms with Gasteiger partial charge in [0.15, 0.2) is 19.0 Å². The van der Waals surface area contributed by atoms with Crippen LogP contribution in [0.3, 0.4) is 0 Å². The minimum atomic E-state index is -0.706. The third-order valence-electron chi connectivity index (χ3n) is 3.46. The fourth-order valence-electron chi connectivity index (χ4n) is 2.04. The lowest BCUT2D eigenvalue weighted by Gasteiger charge is -2.25. The number of aromatic nitrogens is 1. The summed E-state index contributed by atoms with van der Waals surface area (Å²) in [4.78, 5) is 24.1. The van der Waals surface area contributed by atoms with Crippen molar-refractivity contribution < 1.29 is 47.6 Å². The van der Waals surface area contributed by atoms with Crippen molar-refractivity contribution in [1.29, 1.82) is 0 Å². The smallest absolute Gasteiger partial charge is 0.344 e. The average molecular weight is 549 g/mol. The summed E-state index contributed by atoms with van der Waals surface area (Å²) < 4.78 is 13.4. The van der Waals surface area contributed by atoms with Crippen LogP contribution in [0.4, 0.5) is 0 Å². The van der Waals surface area contributed by atoms with Crippen LogP contribution in [-0.4, -0.2) is 30.6 Å². The summed E-state index contributed by atoms with van der Waals surface area (Å²) in [7, 11) is 1.88. The standard InChI is InChI=1S/C19H21BrN2O4.HI/c1-19(2,21-18(24)14-8-10-22(3)11-9-14)13-26-17(23)12-25-16-6-4-15(20)5-7-16;/h4-11H,12-13H2,1-3H3;1H. The van der Waals surface area contributed by atoms with Crippen molar-refractivity contribution in [1.82, 2.24) is 5.32 Å². The lowest BCUT2D eigenvalue weighted by atomic mass is 10.1. The highest BCUT2D eigenvalue weighted by atomic mass is 127. The minimum absolute atomic E-state index is 0. The first kappa shape index (κ1) is 23.4. The van der Waals surface area contributed by atoms with Gasteiger partial charge in [-0.05, 0) is 38.1 Å². The van der Waals surface area contributed by atoms with Crippen LogP contribution in [0, 0.1) is 0 Å². The zero-order valence-electron chi connectivity index (χ0n) is 15.4. The summed E-state index contributed by atoms with van der Waals surface area (Å²) in [5.74, 6) is -0.144. The number of hydrogen-bond acceptors (Lipinski definition) is 4. The molecule has 2 aromatic rings. The molecule has 0 fully saturated rings. The molecule has 0 bridgehead atoms. The van der Waals surface area contributed by atoms with E-state index < -0.39 is 11.5 Å². The number of benzene rings is 1. The van der Waals surface area contributed by atoms with E-state index >= 15 is 0 Å². The van der Waals surface area contributed by atoms with Gasteiger partial charge in [0.05, 0.1) is 11.1 Å². The first-order valence-electron chi connectivity index (χ1n) is 8.07. The average Bonchev–Trinajstić information content (AvgIpc) is 2.60. The quantitative estimate of drug-likeness (QED) is 0.285. The number of hydrogen-bond donors (Lipinski definition) is 1. The number of rotatable bonds is 7. The summed E-state index contributed by atoms with van der Waals surface area (Å²) in [6.07, 6.45) is 3.59. The van der Waals surface area contributed by atoms with Gasteiger partial charge in [-0.2, -0.15) is 0 Å². The van der Waals surface area contributed by atoms with Gasteiger partial charge in [0, 0.05) is 16.6 Å². The fraction of sp³-hybridized carbons (Fsp3) is 0.316. The van der Waals surface area contributed by atoms with E-state index in [0.29, 0.717) is 11.3 Å². The summed E-state index contributed by atoms with van der Waals surface area (Å²) in [6.45, 7) is 3.43. The van der Waals surface area contributed by atoms with Gasteiger partial charge in [0.1, 0.15) is 19.4 Å². The van der Waals surface area contributed by atoms with E-state index in [4.69, 9.17) is 9.47 Å². The van der Waals surface area contributed by atoms with Crippen molar-refractivity contribution in [2.24, 2.45) is 7.05 Å². The van der Waals surface area contributed by atoms with Gasteiger partial charge in [0.25, 0.3) is 5.91 Å². The van der Waals surface area contributed by atoms with Crippen LogP contribution < -0.4 is 38.6 Å². The maximum atomic E-state index is 12.3. The molecule has 0 saturated carbocycles. The second-order valence-corrected chi connectivity index (χ2v) is 7.41. The van der Waals surface area contributed by atoms with Crippen molar-refractivity contribution in [2.45, 2.75) is 19.4 Å². The molecule has 0 aliphatic carbocycles. The number of halogens is 2. The molecule has 0 radical (unpaired) electrons.